The van der Waals surface area contributed by atoms with Gasteiger partial charge in [-0.1, -0.05) is 42.5 Å². The number of nitrogens with zero attached hydrogens (tertiary/aromatic N) is 1. The molecule has 0 spiro atoms. The molecule has 0 aliphatic heterocycles. The van der Waals surface area contributed by atoms with E-state index in [2.05, 4.69) is 10.6 Å². The zero-order valence-corrected chi connectivity index (χ0v) is 13.2. The smallest absolute Gasteiger partial charge is 0.321 e. The van der Waals surface area contributed by atoms with Crippen LogP contribution in [0.4, 0.5) is 4.79 Å². The van der Waals surface area contributed by atoms with Gasteiger partial charge in [-0.05, 0) is 19.1 Å². The van der Waals surface area contributed by atoms with Crippen LogP contribution in [0, 0.1) is 11.3 Å². The fourth-order valence-corrected chi connectivity index (χ4v) is 2.07. The average Bonchev–Trinajstić information content (AvgIpc) is 2.60. The number of nitriles is 1. The lowest BCUT2D eigenvalue weighted by Gasteiger charge is -2.19. The molecule has 24 heavy (non-hydrogen) atoms. The van der Waals surface area contributed by atoms with Gasteiger partial charge in [-0.2, -0.15) is 5.26 Å². The van der Waals surface area contributed by atoms with Gasteiger partial charge in [0.15, 0.2) is 0 Å². The van der Waals surface area contributed by atoms with E-state index < -0.39 is 18.0 Å². The molecular weight excluding hydrogens is 306 g/mol. The van der Waals surface area contributed by atoms with E-state index in [1.807, 2.05) is 12.1 Å². The summed E-state index contributed by atoms with van der Waals surface area (Å²) in [5.74, 6) is -0.334. The first-order valence-corrected chi connectivity index (χ1v) is 7.45. The summed E-state index contributed by atoms with van der Waals surface area (Å²) in [6.07, 6.45) is -1.05. The summed E-state index contributed by atoms with van der Waals surface area (Å²) in [6.45, 7) is 2.14. The molecule has 0 bridgehead atoms. The maximum absolute atomic E-state index is 12.5. The fraction of sp³-hybridized carbons (Fsp3) is 0.167. The van der Waals surface area contributed by atoms with E-state index in [-0.39, 0.29) is 5.75 Å². The van der Waals surface area contributed by atoms with Crippen molar-refractivity contribution in [2.45, 2.75) is 13.0 Å². The average molecular weight is 323 g/mol. The molecule has 2 aromatic rings. The first-order chi connectivity index (χ1) is 11.7. The highest BCUT2D eigenvalue weighted by atomic mass is 16.5. The third kappa shape index (κ3) is 4.34. The van der Waals surface area contributed by atoms with Crippen LogP contribution in [-0.4, -0.2) is 18.5 Å². The lowest BCUT2D eigenvalue weighted by Crippen LogP contribution is -2.42. The van der Waals surface area contributed by atoms with Gasteiger partial charge in [-0.25, -0.2) is 4.79 Å². The number of ether oxygens (including phenoxy) is 1. The number of imide groups is 1. The highest BCUT2D eigenvalue weighted by Gasteiger charge is 2.25. The standard InChI is InChI=1S/C18H17N3O3/c1-2-20-18(23)21-17(22)16(13-8-4-3-5-9-13)24-15-11-7-6-10-14(15)12-19/h3-11,16H,2H2,1H3,(H2,20,21,22,23)/t16-/m1/s1. The highest BCUT2D eigenvalue weighted by molar-refractivity contribution is 5.97. The molecule has 122 valence electrons. The van der Waals surface area contributed by atoms with Crippen molar-refractivity contribution < 1.29 is 14.3 Å². The van der Waals surface area contributed by atoms with Crippen molar-refractivity contribution in [2.75, 3.05) is 6.54 Å². The van der Waals surface area contributed by atoms with Crippen molar-refractivity contribution in [1.29, 1.82) is 5.26 Å². The minimum Gasteiger partial charge on any atom is -0.474 e. The second-order valence-corrected chi connectivity index (χ2v) is 4.87. The zero-order chi connectivity index (χ0) is 17.4. The molecule has 0 aliphatic rings. The first-order valence-electron chi connectivity index (χ1n) is 7.45. The maximum Gasteiger partial charge on any atom is 0.321 e. The lowest BCUT2D eigenvalue weighted by atomic mass is 10.1. The van der Waals surface area contributed by atoms with Gasteiger partial charge in [0.1, 0.15) is 11.8 Å². The van der Waals surface area contributed by atoms with E-state index in [1.54, 1.807) is 55.5 Å². The molecule has 0 aliphatic carbocycles. The van der Waals surface area contributed by atoms with Crippen molar-refractivity contribution in [3.05, 3.63) is 65.7 Å². The molecule has 0 saturated carbocycles. The van der Waals surface area contributed by atoms with Gasteiger partial charge >= 0.3 is 6.03 Å². The van der Waals surface area contributed by atoms with Gasteiger partial charge in [0.25, 0.3) is 5.91 Å². The van der Waals surface area contributed by atoms with E-state index in [0.717, 1.165) is 0 Å². The third-order valence-corrected chi connectivity index (χ3v) is 3.17. The zero-order valence-electron chi connectivity index (χ0n) is 13.2. The monoisotopic (exact) mass is 323 g/mol. The fourth-order valence-electron chi connectivity index (χ4n) is 2.07. The molecule has 2 N–H and O–H groups in total. The minimum absolute atomic E-state index is 0.278. The van der Waals surface area contributed by atoms with Gasteiger partial charge in [-0.3, -0.25) is 10.1 Å². The molecule has 1 atom stereocenters. The van der Waals surface area contributed by atoms with E-state index >= 15 is 0 Å². The summed E-state index contributed by atoms with van der Waals surface area (Å²) in [4.78, 5) is 24.1. The largest absolute Gasteiger partial charge is 0.474 e. The van der Waals surface area contributed by atoms with E-state index in [9.17, 15) is 9.59 Å². The number of rotatable bonds is 5. The Morgan fingerprint density at radius 2 is 1.79 bits per heavy atom. The molecule has 2 rings (SSSR count). The Bertz CT molecular complexity index is 754. The molecule has 3 amide bonds. The summed E-state index contributed by atoms with van der Waals surface area (Å²) in [5.41, 5.74) is 0.885. The topological polar surface area (TPSA) is 91.2 Å². The molecule has 0 aromatic heterocycles. The summed E-state index contributed by atoms with van der Waals surface area (Å²) < 4.78 is 5.75. The van der Waals surface area contributed by atoms with Crippen molar-refractivity contribution >= 4 is 11.9 Å². The first kappa shape index (κ1) is 17.0. The minimum atomic E-state index is -1.05. The molecule has 0 saturated heterocycles. The Balaban J connectivity index is 2.29. The Kier molecular flexibility index (Phi) is 5.92. The molecule has 6 heteroatoms. The highest BCUT2D eigenvalue weighted by Crippen LogP contribution is 2.25. The van der Waals surface area contributed by atoms with Crippen LogP contribution in [0.1, 0.15) is 24.2 Å². The van der Waals surface area contributed by atoms with Crippen LogP contribution in [0.15, 0.2) is 54.6 Å². The maximum atomic E-state index is 12.5. The van der Waals surface area contributed by atoms with Crippen molar-refractivity contribution in [3.63, 3.8) is 0 Å². The Hall–Kier alpha value is -3.33. The number of amides is 3. The van der Waals surface area contributed by atoms with Crippen molar-refractivity contribution in [2.24, 2.45) is 0 Å². The molecule has 0 fully saturated rings. The number of carbonyl (C=O) groups excluding carboxylic acids is 2. The molecule has 6 nitrogen and oxygen atoms in total. The summed E-state index contributed by atoms with van der Waals surface area (Å²) in [7, 11) is 0. The van der Waals surface area contributed by atoms with Gasteiger partial charge < -0.3 is 10.1 Å². The van der Waals surface area contributed by atoms with Crippen molar-refractivity contribution in [1.82, 2.24) is 10.6 Å². The normalized spacial score (nSPS) is 11.0. The molecule has 0 unspecified atom stereocenters. The lowest BCUT2D eigenvalue weighted by molar-refractivity contribution is -0.127. The van der Waals surface area contributed by atoms with Crippen LogP contribution in [-0.2, 0) is 4.79 Å². The second-order valence-electron chi connectivity index (χ2n) is 4.87. The number of hydrogen-bond acceptors (Lipinski definition) is 4. The summed E-state index contributed by atoms with van der Waals surface area (Å²) in [6, 6.07) is 16.8. The van der Waals surface area contributed by atoms with Crippen LogP contribution in [0.2, 0.25) is 0 Å². The van der Waals surface area contributed by atoms with Crippen LogP contribution in [0.5, 0.6) is 5.75 Å². The molecule has 0 heterocycles. The number of benzene rings is 2. The van der Waals surface area contributed by atoms with E-state index in [0.29, 0.717) is 17.7 Å². The number of hydrogen-bond donors (Lipinski definition) is 2. The third-order valence-electron chi connectivity index (χ3n) is 3.17. The van der Waals surface area contributed by atoms with Gasteiger partial charge in [0, 0.05) is 12.1 Å². The predicted molar refractivity (Wildman–Crippen MR) is 88.2 cm³/mol. The SMILES string of the molecule is CCNC(=O)NC(=O)[C@H](Oc1ccccc1C#N)c1ccccc1. The van der Waals surface area contributed by atoms with Crippen LogP contribution >= 0.6 is 0 Å². The Morgan fingerprint density at radius 1 is 1.12 bits per heavy atom. The number of nitrogens with one attached hydrogen (secondary N) is 2. The summed E-state index contributed by atoms with van der Waals surface area (Å²) in [5, 5.41) is 13.9. The molecular formula is C18H17N3O3. The van der Waals surface area contributed by atoms with Gasteiger partial charge in [-0.15, -0.1) is 0 Å². The second kappa shape index (κ2) is 8.34. The van der Waals surface area contributed by atoms with E-state index in [4.69, 9.17) is 10.00 Å². The number of urea groups is 1. The number of para-hydroxylation sites is 1. The number of carbonyl (C=O) groups is 2. The van der Waals surface area contributed by atoms with Crippen LogP contribution in [0.25, 0.3) is 0 Å². The Morgan fingerprint density at radius 3 is 2.46 bits per heavy atom. The summed E-state index contributed by atoms with van der Waals surface area (Å²) >= 11 is 0. The van der Waals surface area contributed by atoms with Crippen LogP contribution in [0.3, 0.4) is 0 Å². The Labute approximate surface area is 140 Å². The van der Waals surface area contributed by atoms with Gasteiger partial charge in [0.05, 0.1) is 5.56 Å². The predicted octanol–water partition coefficient (Wildman–Crippen LogP) is 2.52. The van der Waals surface area contributed by atoms with Gasteiger partial charge in [0.2, 0.25) is 6.10 Å². The van der Waals surface area contributed by atoms with E-state index in [1.165, 1.54) is 0 Å². The quantitative estimate of drug-likeness (QED) is 0.884. The molecule has 2 aromatic carbocycles. The van der Waals surface area contributed by atoms with Crippen molar-refractivity contribution in [3.8, 4) is 11.8 Å². The molecule has 0 radical (unpaired) electrons. The van der Waals surface area contributed by atoms with Crippen LogP contribution < -0.4 is 15.4 Å².